The lowest BCUT2D eigenvalue weighted by molar-refractivity contribution is 0.651. The highest BCUT2D eigenvalue weighted by molar-refractivity contribution is 9.10. The molecular weight excluding hydrogens is 260 g/mol. The van der Waals surface area contributed by atoms with Crippen LogP contribution >= 0.6 is 27.7 Å². The van der Waals surface area contributed by atoms with Gasteiger partial charge in [-0.3, -0.25) is 0 Å². The highest BCUT2D eigenvalue weighted by Gasteiger charge is 2.15. The topological polar surface area (TPSA) is 25.8 Å². The summed E-state index contributed by atoms with van der Waals surface area (Å²) < 4.78 is 1.03. The molecular formula is C10H13BrN2S. The second-order valence-electron chi connectivity index (χ2n) is 3.56. The van der Waals surface area contributed by atoms with Gasteiger partial charge in [0.2, 0.25) is 0 Å². The molecule has 0 amide bonds. The molecule has 0 aromatic carbocycles. The van der Waals surface area contributed by atoms with Gasteiger partial charge in [-0.15, -0.1) is 0 Å². The molecule has 0 N–H and O–H groups in total. The summed E-state index contributed by atoms with van der Waals surface area (Å²) >= 11 is 5.50. The minimum Gasteiger partial charge on any atom is -0.158 e. The van der Waals surface area contributed by atoms with E-state index in [-0.39, 0.29) is 0 Å². The summed E-state index contributed by atoms with van der Waals surface area (Å²) in [5.41, 5.74) is 1.11. The van der Waals surface area contributed by atoms with Crippen molar-refractivity contribution >= 4 is 27.7 Å². The summed E-state index contributed by atoms with van der Waals surface area (Å²) in [5.74, 6) is 1.31. The van der Waals surface area contributed by atoms with Crippen molar-refractivity contribution in [3.63, 3.8) is 0 Å². The standard InChI is InChI=1S/C10H13BrN2S/c11-8-5-9(13-12-7-8)6-10-3-1-2-4-14-10/h5,7,10H,1-4,6H2. The Morgan fingerprint density at radius 1 is 1.50 bits per heavy atom. The Morgan fingerprint density at radius 3 is 3.14 bits per heavy atom. The molecule has 1 aliphatic heterocycles. The molecule has 1 unspecified atom stereocenters. The van der Waals surface area contributed by atoms with Crippen LogP contribution in [0.1, 0.15) is 25.0 Å². The average Bonchev–Trinajstić information content (AvgIpc) is 2.19. The predicted octanol–water partition coefficient (Wildman–Crippen LogP) is 3.07. The van der Waals surface area contributed by atoms with Gasteiger partial charge in [0.25, 0.3) is 0 Å². The molecule has 14 heavy (non-hydrogen) atoms. The highest BCUT2D eigenvalue weighted by atomic mass is 79.9. The Hall–Kier alpha value is -0.0900. The van der Waals surface area contributed by atoms with Gasteiger partial charge in [-0.1, -0.05) is 6.42 Å². The number of rotatable bonds is 2. The van der Waals surface area contributed by atoms with Gasteiger partial charge in [0, 0.05) is 16.1 Å². The van der Waals surface area contributed by atoms with Crippen molar-refractivity contribution in [1.82, 2.24) is 10.2 Å². The average molecular weight is 273 g/mol. The molecule has 1 aromatic rings. The second kappa shape index (κ2) is 5.12. The lowest BCUT2D eigenvalue weighted by Crippen LogP contribution is -2.13. The molecule has 2 nitrogen and oxygen atoms in total. The number of thioether (sulfide) groups is 1. The zero-order valence-electron chi connectivity index (χ0n) is 7.95. The minimum absolute atomic E-state index is 0.757. The van der Waals surface area contributed by atoms with Gasteiger partial charge in [-0.2, -0.15) is 22.0 Å². The predicted molar refractivity (Wildman–Crippen MR) is 63.5 cm³/mol. The van der Waals surface area contributed by atoms with Crippen LogP contribution < -0.4 is 0 Å². The monoisotopic (exact) mass is 272 g/mol. The maximum Gasteiger partial charge on any atom is 0.0653 e. The SMILES string of the molecule is Brc1cnnc(CC2CCCCS2)c1. The van der Waals surface area contributed by atoms with E-state index >= 15 is 0 Å². The van der Waals surface area contributed by atoms with E-state index in [1.165, 1.54) is 25.0 Å². The normalized spacial score (nSPS) is 22.2. The largest absolute Gasteiger partial charge is 0.158 e. The Balaban J connectivity index is 1.95. The van der Waals surface area contributed by atoms with E-state index in [9.17, 15) is 0 Å². The van der Waals surface area contributed by atoms with E-state index in [0.717, 1.165) is 21.8 Å². The summed E-state index contributed by atoms with van der Waals surface area (Å²) in [6.07, 6.45) is 6.89. The van der Waals surface area contributed by atoms with Crippen molar-refractivity contribution in [2.45, 2.75) is 30.9 Å². The highest BCUT2D eigenvalue weighted by Crippen LogP contribution is 2.27. The molecule has 1 saturated heterocycles. The van der Waals surface area contributed by atoms with E-state index < -0.39 is 0 Å². The van der Waals surface area contributed by atoms with Gasteiger partial charge in [0.05, 0.1) is 11.9 Å². The maximum absolute atomic E-state index is 4.14. The van der Waals surface area contributed by atoms with Crippen molar-refractivity contribution in [1.29, 1.82) is 0 Å². The molecule has 1 aliphatic rings. The van der Waals surface area contributed by atoms with Crippen LogP contribution in [0, 0.1) is 0 Å². The van der Waals surface area contributed by atoms with E-state index in [1.807, 2.05) is 0 Å². The Bertz CT molecular complexity index is 300. The molecule has 0 bridgehead atoms. The summed E-state index contributed by atoms with van der Waals surface area (Å²) in [6, 6.07) is 2.07. The third-order valence-corrected chi connectivity index (χ3v) is 4.21. The molecule has 2 rings (SSSR count). The molecule has 1 atom stereocenters. The summed E-state index contributed by atoms with van der Waals surface area (Å²) in [5, 5.41) is 8.84. The molecule has 0 spiro atoms. The summed E-state index contributed by atoms with van der Waals surface area (Å²) in [7, 11) is 0. The van der Waals surface area contributed by atoms with Crippen LogP contribution in [0.5, 0.6) is 0 Å². The maximum atomic E-state index is 4.14. The van der Waals surface area contributed by atoms with Crippen LogP contribution in [-0.2, 0) is 6.42 Å². The van der Waals surface area contributed by atoms with Crippen molar-refractivity contribution in [2.75, 3.05) is 5.75 Å². The number of aromatic nitrogens is 2. The van der Waals surface area contributed by atoms with Gasteiger partial charge in [-0.05, 0) is 40.6 Å². The Labute approximate surface area is 97.0 Å². The first-order chi connectivity index (χ1) is 6.84. The first kappa shape index (κ1) is 10.4. The zero-order chi connectivity index (χ0) is 9.80. The smallest absolute Gasteiger partial charge is 0.0653 e. The van der Waals surface area contributed by atoms with Crippen molar-refractivity contribution in [3.8, 4) is 0 Å². The first-order valence-electron chi connectivity index (χ1n) is 4.93. The molecule has 2 heterocycles. The van der Waals surface area contributed by atoms with Crippen LogP contribution in [-0.4, -0.2) is 21.2 Å². The van der Waals surface area contributed by atoms with E-state index in [1.54, 1.807) is 6.20 Å². The van der Waals surface area contributed by atoms with Crippen LogP contribution in [0.15, 0.2) is 16.7 Å². The fourth-order valence-electron chi connectivity index (χ4n) is 1.68. The Morgan fingerprint density at radius 2 is 2.43 bits per heavy atom. The van der Waals surface area contributed by atoms with Gasteiger partial charge >= 0.3 is 0 Å². The van der Waals surface area contributed by atoms with Crippen LogP contribution in [0.25, 0.3) is 0 Å². The number of halogens is 1. The number of nitrogens with zero attached hydrogens (tertiary/aromatic N) is 2. The fraction of sp³-hybridized carbons (Fsp3) is 0.600. The number of hydrogen-bond donors (Lipinski definition) is 0. The number of hydrogen-bond acceptors (Lipinski definition) is 3. The molecule has 1 aromatic heterocycles. The molecule has 0 aliphatic carbocycles. The fourth-order valence-corrected chi connectivity index (χ4v) is 3.37. The summed E-state index contributed by atoms with van der Waals surface area (Å²) in [4.78, 5) is 0. The molecule has 4 heteroatoms. The third kappa shape index (κ3) is 2.95. The summed E-state index contributed by atoms with van der Waals surface area (Å²) in [6.45, 7) is 0. The van der Waals surface area contributed by atoms with Crippen LogP contribution in [0.2, 0.25) is 0 Å². The Kier molecular flexibility index (Phi) is 3.81. The molecule has 76 valence electrons. The quantitative estimate of drug-likeness (QED) is 0.828. The molecule has 1 fully saturated rings. The van der Waals surface area contributed by atoms with E-state index in [4.69, 9.17) is 0 Å². The van der Waals surface area contributed by atoms with Crippen molar-refractivity contribution < 1.29 is 0 Å². The van der Waals surface area contributed by atoms with Gasteiger partial charge < -0.3 is 0 Å². The lowest BCUT2D eigenvalue weighted by Gasteiger charge is -2.20. The van der Waals surface area contributed by atoms with Gasteiger partial charge in [0.15, 0.2) is 0 Å². The van der Waals surface area contributed by atoms with E-state index in [0.29, 0.717) is 0 Å². The van der Waals surface area contributed by atoms with E-state index in [2.05, 4.69) is 44.0 Å². The minimum atomic E-state index is 0.757. The van der Waals surface area contributed by atoms with Crippen LogP contribution in [0.3, 0.4) is 0 Å². The van der Waals surface area contributed by atoms with Crippen molar-refractivity contribution in [3.05, 3.63) is 22.4 Å². The van der Waals surface area contributed by atoms with Gasteiger partial charge in [-0.25, -0.2) is 0 Å². The molecule has 0 radical (unpaired) electrons. The second-order valence-corrected chi connectivity index (χ2v) is 5.88. The van der Waals surface area contributed by atoms with Crippen molar-refractivity contribution in [2.24, 2.45) is 0 Å². The van der Waals surface area contributed by atoms with Gasteiger partial charge in [0.1, 0.15) is 0 Å². The zero-order valence-corrected chi connectivity index (χ0v) is 10.4. The lowest BCUT2D eigenvalue weighted by atomic mass is 10.1. The van der Waals surface area contributed by atoms with Crippen LogP contribution in [0.4, 0.5) is 0 Å². The third-order valence-electron chi connectivity index (χ3n) is 2.38. The molecule has 0 saturated carbocycles. The first-order valence-corrected chi connectivity index (χ1v) is 6.77.